The van der Waals surface area contributed by atoms with Crippen LogP contribution in [0.4, 0.5) is 16.0 Å². The van der Waals surface area contributed by atoms with E-state index in [2.05, 4.69) is 24.8 Å². The van der Waals surface area contributed by atoms with Gasteiger partial charge in [-0.3, -0.25) is 0 Å². The molecule has 2 aromatic rings. The minimum Gasteiger partial charge on any atom is -0.368 e. The van der Waals surface area contributed by atoms with E-state index in [9.17, 15) is 4.39 Å². The number of aryl methyl sites for hydroxylation is 1. The summed E-state index contributed by atoms with van der Waals surface area (Å²) in [5, 5.41) is 0. The average molecular weight is 273 g/mol. The second-order valence-electron chi connectivity index (χ2n) is 4.87. The number of rotatable bonds is 2. The van der Waals surface area contributed by atoms with E-state index in [1.807, 2.05) is 25.4 Å². The van der Waals surface area contributed by atoms with Crippen LogP contribution in [0.1, 0.15) is 5.56 Å². The molecule has 0 atom stereocenters. The third kappa shape index (κ3) is 2.68. The summed E-state index contributed by atoms with van der Waals surface area (Å²) in [5.74, 6) is 0.322. The molecule has 6 heteroatoms. The Labute approximate surface area is 117 Å². The lowest BCUT2D eigenvalue weighted by Crippen LogP contribution is -2.47. The van der Waals surface area contributed by atoms with Gasteiger partial charge in [0.1, 0.15) is 0 Å². The summed E-state index contributed by atoms with van der Waals surface area (Å²) in [6.45, 7) is 5.26. The highest BCUT2D eigenvalue weighted by molar-refractivity contribution is 5.47. The lowest BCUT2D eigenvalue weighted by molar-refractivity contribution is 0.580. The van der Waals surface area contributed by atoms with E-state index in [1.165, 1.54) is 12.3 Å². The molecule has 0 saturated carbocycles. The number of piperazine rings is 1. The topological polar surface area (TPSA) is 45.2 Å². The van der Waals surface area contributed by atoms with Gasteiger partial charge in [0.2, 0.25) is 11.9 Å². The van der Waals surface area contributed by atoms with Crippen molar-refractivity contribution in [3.63, 3.8) is 0 Å². The monoisotopic (exact) mass is 273 g/mol. The van der Waals surface area contributed by atoms with Gasteiger partial charge in [0.15, 0.2) is 0 Å². The number of hydrogen-bond acceptors (Lipinski definition) is 5. The standard InChI is InChI=1S/C14H16FN5/c1-11-9-17-14(18-10-11)20-6-4-19(5-7-20)12-2-3-16-13(15)8-12/h2-3,8-10H,4-7H2,1H3. The molecule has 0 unspecified atom stereocenters. The molecule has 1 aliphatic rings. The normalized spacial score (nSPS) is 15.5. The van der Waals surface area contributed by atoms with Crippen LogP contribution in [-0.4, -0.2) is 41.1 Å². The molecule has 3 rings (SSSR count). The molecule has 0 N–H and O–H groups in total. The maximum atomic E-state index is 13.1. The minimum absolute atomic E-state index is 0.438. The van der Waals surface area contributed by atoms with E-state index in [1.54, 1.807) is 0 Å². The van der Waals surface area contributed by atoms with Gasteiger partial charge in [-0.2, -0.15) is 4.39 Å². The molecule has 2 aromatic heterocycles. The fourth-order valence-corrected chi connectivity index (χ4v) is 2.30. The smallest absolute Gasteiger partial charge is 0.225 e. The lowest BCUT2D eigenvalue weighted by atomic mass is 10.2. The zero-order valence-corrected chi connectivity index (χ0v) is 11.3. The molecular weight excluding hydrogens is 257 g/mol. The Balaban J connectivity index is 1.66. The van der Waals surface area contributed by atoms with Crippen LogP contribution in [-0.2, 0) is 0 Å². The van der Waals surface area contributed by atoms with Gasteiger partial charge in [0.25, 0.3) is 0 Å². The molecule has 1 saturated heterocycles. The van der Waals surface area contributed by atoms with E-state index in [4.69, 9.17) is 0 Å². The van der Waals surface area contributed by atoms with Gasteiger partial charge in [-0.05, 0) is 18.6 Å². The Morgan fingerprint density at radius 1 is 1.00 bits per heavy atom. The summed E-state index contributed by atoms with van der Waals surface area (Å²) < 4.78 is 13.1. The number of nitrogens with zero attached hydrogens (tertiary/aromatic N) is 5. The van der Waals surface area contributed by atoms with Crippen LogP contribution in [0.3, 0.4) is 0 Å². The third-order valence-corrected chi connectivity index (χ3v) is 3.41. The van der Waals surface area contributed by atoms with Crippen LogP contribution in [0.2, 0.25) is 0 Å². The van der Waals surface area contributed by atoms with Crippen molar-refractivity contribution in [3.05, 3.63) is 42.2 Å². The summed E-state index contributed by atoms with van der Waals surface area (Å²) in [6, 6.07) is 3.30. The first kappa shape index (κ1) is 12.8. The van der Waals surface area contributed by atoms with Crippen molar-refractivity contribution in [2.45, 2.75) is 6.92 Å². The summed E-state index contributed by atoms with van der Waals surface area (Å²) in [4.78, 5) is 16.6. The highest BCUT2D eigenvalue weighted by Crippen LogP contribution is 2.18. The Bertz CT molecular complexity index is 578. The zero-order valence-electron chi connectivity index (χ0n) is 11.3. The first-order chi connectivity index (χ1) is 9.72. The SMILES string of the molecule is Cc1cnc(N2CCN(c3ccnc(F)c3)CC2)nc1. The molecule has 0 spiro atoms. The predicted molar refractivity (Wildman–Crippen MR) is 75.4 cm³/mol. The Hall–Kier alpha value is -2.24. The van der Waals surface area contributed by atoms with Crippen molar-refractivity contribution in [2.75, 3.05) is 36.0 Å². The maximum absolute atomic E-state index is 13.1. The fraction of sp³-hybridized carbons (Fsp3) is 0.357. The maximum Gasteiger partial charge on any atom is 0.225 e. The Morgan fingerprint density at radius 3 is 2.30 bits per heavy atom. The van der Waals surface area contributed by atoms with Gasteiger partial charge < -0.3 is 9.80 Å². The second-order valence-corrected chi connectivity index (χ2v) is 4.87. The molecule has 0 aromatic carbocycles. The number of anilines is 2. The molecule has 3 heterocycles. The van der Waals surface area contributed by atoms with Gasteiger partial charge >= 0.3 is 0 Å². The molecule has 104 valence electrons. The first-order valence-electron chi connectivity index (χ1n) is 6.62. The van der Waals surface area contributed by atoms with Crippen molar-refractivity contribution >= 4 is 11.6 Å². The highest BCUT2D eigenvalue weighted by atomic mass is 19.1. The van der Waals surface area contributed by atoms with E-state index in [-0.39, 0.29) is 0 Å². The molecule has 0 radical (unpaired) electrons. The fourth-order valence-electron chi connectivity index (χ4n) is 2.30. The summed E-state index contributed by atoms with van der Waals surface area (Å²) >= 11 is 0. The predicted octanol–water partition coefficient (Wildman–Crippen LogP) is 1.65. The van der Waals surface area contributed by atoms with Crippen molar-refractivity contribution < 1.29 is 4.39 Å². The van der Waals surface area contributed by atoms with Crippen molar-refractivity contribution in [2.24, 2.45) is 0 Å². The Kier molecular flexibility index (Phi) is 3.45. The number of halogens is 1. The second kappa shape index (κ2) is 5.40. The van der Waals surface area contributed by atoms with E-state index >= 15 is 0 Å². The van der Waals surface area contributed by atoms with Gasteiger partial charge in [-0.1, -0.05) is 0 Å². The number of pyridine rings is 1. The van der Waals surface area contributed by atoms with Gasteiger partial charge in [-0.25, -0.2) is 15.0 Å². The van der Waals surface area contributed by atoms with Crippen LogP contribution in [0, 0.1) is 12.9 Å². The number of hydrogen-bond donors (Lipinski definition) is 0. The molecule has 1 aliphatic heterocycles. The largest absolute Gasteiger partial charge is 0.368 e. The molecule has 20 heavy (non-hydrogen) atoms. The summed E-state index contributed by atoms with van der Waals surface area (Å²) in [7, 11) is 0. The zero-order chi connectivity index (χ0) is 13.9. The quantitative estimate of drug-likeness (QED) is 0.778. The van der Waals surface area contributed by atoms with Crippen LogP contribution >= 0.6 is 0 Å². The van der Waals surface area contributed by atoms with E-state index in [0.717, 1.165) is 43.4 Å². The van der Waals surface area contributed by atoms with Gasteiger partial charge in [0, 0.05) is 56.5 Å². The molecule has 0 aliphatic carbocycles. The molecule has 0 amide bonds. The molecule has 0 bridgehead atoms. The van der Waals surface area contributed by atoms with Crippen LogP contribution in [0.25, 0.3) is 0 Å². The van der Waals surface area contributed by atoms with Crippen molar-refractivity contribution in [3.8, 4) is 0 Å². The molecule has 1 fully saturated rings. The van der Waals surface area contributed by atoms with Gasteiger partial charge in [-0.15, -0.1) is 0 Å². The van der Waals surface area contributed by atoms with Crippen molar-refractivity contribution in [1.82, 2.24) is 15.0 Å². The first-order valence-corrected chi connectivity index (χ1v) is 6.62. The molecular formula is C14H16FN5. The minimum atomic E-state index is -0.438. The average Bonchev–Trinajstić information content (AvgIpc) is 2.48. The summed E-state index contributed by atoms with van der Waals surface area (Å²) in [6.07, 6.45) is 5.15. The molecule has 5 nitrogen and oxygen atoms in total. The van der Waals surface area contributed by atoms with Crippen LogP contribution in [0.5, 0.6) is 0 Å². The Morgan fingerprint density at radius 2 is 1.65 bits per heavy atom. The number of aromatic nitrogens is 3. The van der Waals surface area contributed by atoms with E-state index < -0.39 is 5.95 Å². The summed E-state index contributed by atoms with van der Waals surface area (Å²) in [5.41, 5.74) is 1.93. The highest BCUT2D eigenvalue weighted by Gasteiger charge is 2.19. The third-order valence-electron chi connectivity index (χ3n) is 3.41. The van der Waals surface area contributed by atoms with E-state index in [0.29, 0.717) is 0 Å². The van der Waals surface area contributed by atoms with Crippen LogP contribution < -0.4 is 9.80 Å². The van der Waals surface area contributed by atoms with Crippen LogP contribution in [0.15, 0.2) is 30.7 Å². The van der Waals surface area contributed by atoms with Gasteiger partial charge in [0.05, 0.1) is 0 Å². The van der Waals surface area contributed by atoms with Crippen molar-refractivity contribution in [1.29, 1.82) is 0 Å². The lowest BCUT2D eigenvalue weighted by Gasteiger charge is -2.36.